The summed E-state index contributed by atoms with van der Waals surface area (Å²) in [5.74, 6) is 0.407. The molecule has 1 amide bonds. The SMILES string of the molecule is COc1cc2c(cc1Nc1nnc(C(N)=O)c(Nc3ccccc3)n1)CCNC2. The van der Waals surface area contributed by atoms with Crippen molar-refractivity contribution in [2.45, 2.75) is 13.0 Å². The van der Waals surface area contributed by atoms with E-state index in [0.717, 1.165) is 30.9 Å². The van der Waals surface area contributed by atoms with Gasteiger partial charge in [-0.15, -0.1) is 10.2 Å². The number of amides is 1. The van der Waals surface area contributed by atoms with Crippen LogP contribution in [0.2, 0.25) is 0 Å². The van der Waals surface area contributed by atoms with Gasteiger partial charge < -0.3 is 26.4 Å². The van der Waals surface area contributed by atoms with Crippen LogP contribution >= 0.6 is 0 Å². The van der Waals surface area contributed by atoms with E-state index in [1.807, 2.05) is 42.5 Å². The Kier molecular flexibility index (Phi) is 5.21. The van der Waals surface area contributed by atoms with Crippen molar-refractivity contribution in [3.05, 3.63) is 59.3 Å². The van der Waals surface area contributed by atoms with Gasteiger partial charge in [0.15, 0.2) is 11.5 Å². The molecule has 5 N–H and O–H groups in total. The van der Waals surface area contributed by atoms with Gasteiger partial charge in [0, 0.05) is 12.2 Å². The molecule has 3 aromatic rings. The fourth-order valence-corrected chi connectivity index (χ4v) is 3.19. The number of ether oxygens (including phenoxy) is 1. The number of primary amides is 1. The van der Waals surface area contributed by atoms with Crippen LogP contribution in [0.25, 0.3) is 0 Å². The number of fused-ring (bicyclic) bond motifs is 1. The van der Waals surface area contributed by atoms with Crippen LogP contribution in [0.3, 0.4) is 0 Å². The van der Waals surface area contributed by atoms with Gasteiger partial charge in [-0.2, -0.15) is 4.98 Å². The predicted molar refractivity (Wildman–Crippen MR) is 110 cm³/mol. The number of hydrogen-bond donors (Lipinski definition) is 4. The van der Waals surface area contributed by atoms with Crippen LogP contribution in [0, 0.1) is 0 Å². The van der Waals surface area contributed by atoms with Crippen molar-refractivity contribution >= 4 is 29.0 Å². The highest BCUT2D eigenvalue weighted by Gasteiger charge is 2.17. The highest BCUT2D eigenvalue weighted by molar-refractivity contribution is 5.96. The van der Waals surface area contributed by atoms with Gasteiger partial charge in [0.2, 0.25) is 5.95 Å². The lowest BCUT2D eigenvalue weighted by Crippen LogP contribution is -2.23. The largest absolute Gasteiger partial charge is 0.495 e. The van der Waals surface area contributed by atoms with Crippen LogP contribution in [0.15, 0.2) is 42.5 Å². The predicted octanol–water partition coefficient (Wildman–Crippen LogP) is 2.11. The zero-order chi connectivity index (χ0) is 20.2. The summed E-state index contributed by atoms with van der Waals surface area (Å²) in [5.41, 5.74) is 9.30. The standard InChI is InChI=1S/C20H21N7O2/c1-29-16-10-13-11-22-8-7-12(13)9-15(16)24-20-25-19(17(18(21)28)26-27-20)23-14-5-3-2-4-6-14/h2-6,9-10,22H,7-8,11H2,1H3,(H2,21,28)(H2,23,24,25,27). The third-order valence-corrected chi connectivity index (χ3v) is 4.61. The van der Waals surface area contributed by atoms with Crippen LogP contribution in [-0.4, -0.2) is 34.7 Å². The van der Waals surface area contributed by atoms with Gasteiger partial charge in [0.25, 0.3) is 5.91 Å². The molecule has 29 heavy (non-hydrogen) atoms. The molecule has 0 unspecified atom stereocenters. The monoisotopic (exact) mass is 391 g/mol. The van der Waals surface area contributed by atoms with E-state index in [9.17, 15) is 4.79 Å². The van der Waals surface area contributed by atoms with Crippen LogP contribution in [0.5, 0.6) is 5.75 Å². The molecule has 1 aromatic heterocycles. The zero-order valence-electron chi connectivity index (χ0n) is 15.9. The molecule has 0 radical (unpaired) electrons. The number of carbonyl (C=O) groups excluding carboxylic acids is 1. The van der Waals surface area contributed by atoms with Gasteiger partial charge in [-0.25, -0.2) is 0 Å². The first-order chi connectivity index (χ1) is 14.1. The van der Waals surface area contributed by atoms with E-state index >= 15 is 0 Å². The van der Waals surface area contributed by atoms with E-state index in [4.69, 9.17) is 10.5 Å². The first-order valence-corrected chi connectivity index (χ1v) is 9.18. The normalized spacial score (nSPS) is 12.7. The first kappa shape index (κ1) is 18.6. The summed E-state index contributed by atoms with van der Waals surface area (Å²) in [6, 6.07) is 13.4. The first-order valence-electron chi connectivity index (χ1n) is 9.18. The summed E-state index contributed by atoms with van der Waals surface area (Å²) >= 11 is 0. The number of carbonyl (C=O) groups is 1. The number of hydrogen-bond acceptors (Lipinski definition) is 8. The number of nitrogens with two attached hydrogens (primary N) is 1. The molecule has 1 aliphatic rings. The fourth-order valence-electron chi connectivity index (χ4n) is 3.19. The van der Waals surface area contributed by atoms with E-state index in [2.05, 4.69) is 31.1 Å². The molecule has 0 fully saturated rings. The van der Waals surface area contributed by atoms with Gasteiger partial charge >= 0.3 is 0 Å². The molecule has 1 aliphatic heterocycles. The molecule has 148 valence electrons. The summed E-state index contributed by atoms with van der Waals surface area (Å²) in [7, 11) is 1.61. The third-order valence-electron chi connectivity index (χ3n) is 4.61. The number of para-hydroxylation sites is 1. The highest BCUT2D eigenvalue weighted by atomic mass is 16.5. The summed E-state index contributed by atoms with van der Waals surface area (Å²) < 4.78 is 5.52. The lowest BCUT2D eigenvalue weighted by atomic mass is 10.00. The van der Waals surface area contributed by atoms with Gasteiger partial charge in [-0.05, 0) is 48.4 Å². The van der Waals surface area contributed by atoms with Crippen molar-refractivity contribution in [2.24, 2.45) is 5.73 Å². The molecule has 0 spiro atoms. The van der Waals surface area contributed by atoms with Gasteiger partial charge in [-0.1, -0.05) is 18.2 Å². The minimum atomic E-state index is -0.714. The summed E-state index contributed by atoms with van der Waals surface area (Å²) in [4.78, 5) is 16.1. The van der Waals surface area contributed by atoms with Crippen LogP contribution in [-0.2, 0) is 13.0 Å². The van der Waals surface area contributed by atoms with E-state index in [-0.39, 0.29) is 17.5 Å². The minimum absolute atomic E-state index is 0.0390. The number of aromatic nitrogens is 3. The second-order valence-corrected chi connectivity index (χ2v) is 6.56. The Morgan fingerprint density at radius 2 is 1.97 bits per heavy atom. The van der Waals surface area contributed by atoms with E-state index in [1.165, 1.54) is 11.1 Å². The number of benzene rings is 2. The molecule has 0 bridgehead atoms. The lowest BCUT2D eigenvalue weighted by Gasteiger charge is -2.20. The Bertz CT molecular complexity index is 1040. The number of nitrogens with one attached hydrogen (secondary N) is 3. The Balaban J connectivity index is 1.67. The van der Waals surface area contributed by atoms with Crippen LogP contribution in [0.4, 0.5) is 23.1 Å². The van der Waals surface area contributed by atoms with Gasteiger partial charge in [0.1, 0.15) is 5.75 Å². The van der Waals surface area contributed by atoms with Crippen molar-refractivity contribution in [2.75, 3.05) is 24.3 Å². The second-order valence-electron chi connectivity index (χ2n) is 6.56. The van der Waals surface area contributed by atoms with E-state index in [1.54, 1.807) is 7.11 Å². The molecular formula is C20H21N7O2. The molecular weight excluding hydrogens is 370 g/mol. The zero-order valence-corrected chi connectivity index (χ0v) is 15.9. The van der Waals surface area contributed by atoms with Crippen molar-refractivity contribution in [3.63, 3.8) is 0 Å². The van der Waals surface area contributed by atoms with Crippen molar-refractivity contribution in [1.29, 1.82) is 0 Å². The van der Waals surface area contributed by atoms with Gasteiger partial charge in [0.05, 0.1) is 12.8 Å². The van der Waals surface area contributed by atoms with E-state index in [0.29, 0.717) is 5.75 Å². The maximum atomic E-state index is 11.7. The second kappa shape index (κ2) is 8.11. The fraction of sp³-hybridized carbons (Fsp3) is 0.200. The molecule has 0 aliphatic carbocycles. The Morgan fingerprint density at radius 3 is 2.72 bits per heavy atom. The molecule has 2 heterocycles. The topological polar surface area (TPSA) is 127 Å². The molecule has 4 rings (SSSR count). The van der Waals surface area contributed by atoms with Crippen molar-refractivity contribution in [1.82, 2.24) is 20.5 Å². The van der Waals surface area contributed by atoms with Crippen molar-refractivity contribution < 1.29 is 9.53 Å². The number of methoxy groups -OCH3 is 1. The minimum Gasteiger partial charge on any atom is -0.495 e. The molecule has 9 heteroatoms. The average molecular weight is 391 g/mol. The highest BCUT2D eigenvalue weighted by Crippen LogP contribution is 2.32. The molecule has 0 atom stereocenters. The molecule has 0 saturated carbocycles. The maximum absolute atomic E-state index is 11.7. The Hall–Kier alpha value is -3.72. The smallest absolute Gasteiger partial charge is 0.273 e. The third kappa shape index (κ3) is 4.09. The van der Waals surface area contributed by atoms with Gasteiger partial charge in [-0.3, -0.25) is 4.79 Å². The average Bonchev–Trinajstić information content (AvgIpc) is 2.74. The number of rotatable bonds is 6. The molecule has 0 saturated heterocycles. The quantitative estimate of drug-likeness (QED) is 0.503. The summed E-state index contributed by atoms with van der Waals surface area (Å²) in [6.45, 7) is 1.73. The van der Waals surface area contributed by atoms with Crippen molar-refractivity contribution in [3.8, 4) is 5.75 Å². The van der Waals surface area contributed by atoms with Crippen LogP contribution in [0.1, 0.15) is 21.6 Å². The number of nitrogens with zero attached hydrogens (tertiary/aromatic N) is 3. The Labute approximate surface area is 167 Å². The summed E-state index contributed by atoms with van der Waals surface area (Å²) in [6.07, 6.45) is 0.925. The Morgan fingerprint density at radius 1 is 1.14 bits per heavy atom. The molecule has 9 nitrogen and oxygen atoms in total. The summed E-state index contributed by atoms with van der Waals surface area (Å²) in [5, 5.41) is 17.5. The van der Waals surface area contributed by atoms with Crippen LogP contribution < -0.4 is 26.4 Å². The molecule has 2 aromatic carbocycles. The number of anilines is 4. The van der Waals surface area contributed by atoms with E-state index < -0.39 is 5.91 Å². The maximum Gasteiger partial charge on any atom is 0.273 e. The lowest BCUT2D eigenvalue weighted by molar-refractivity contribution is 0.0995.